The van der Waals surface area contributed by atoms with Crippen LogP contribution in [0.25, 0.3) is 11.4 Å². The van der Waals surface area contributed by atoms with Gasteiger partial charge in [-0.25, -0.2) is 9.48 Å². The standard InChI is InChI=1S/C14H16ClN3O2/c1-17-13(10-4-6-11(15)7-5-10)16-18(14(17)19)9-12-3-2-8-20-12/h4-7,12H,2-3,8-9H2,1H3. The van der Waals surface area contributed by atoms with E-state index in [1.165, 1.54) is 4.68 Å². The van der Waals surface area contributed by atoms with Gasteiger partial charge in [0.15, 0.2) is 5.82 Å². The van der Waals surface area contributed by atoms with E-state index in [9.17, 15) is 4.79 Å². The Labute approximate surface area is 121 Å². The summed E-state index contributed by atoms with van der Waals surface area (Å²) in [5, 5.41) is 5.08. The maximum absolute atomic E-state index is 12.2. The molecule has 1 aromatic heterocycles. The molecule has 20 heavy (non-hydrogen) atoms. The Bertz CT molecular complexity index is 654. The summed E-state index contributed by atoms with van der Waals surface area (Å²) < 4.78 is 8.60. The van der Waals surface area contributed by atoms with Crippen LogP contribution in [0.2, 0.25) is 5.02 Å². The fourth-order valence-electron chi connectivity index (χ4n) is 2.44. The summed E-state index contributed by atoms with van der Waals surface area (Å²) in [4.78, 5) is 12.2. The summed E-state index contributed by atoms with van der Waals surface area (Å²) in [6, 6.07) is 7.31. The van der Waals surface area contributed by atoms with Crippen LogP contribution >= 0.6 is 11.6 Å². The third kappa shape index (κ3) is 2.51. The third-order valence-corrected chi connectivity index (χ3v) is 3.80. The monoisotopic (exact) mass is 293 g/mol. The van der Waals surface area contributed by atoms with Crippen LogP contribution in [0.1, 0.15) is 12.8 Å². The molecular weight excluding hydrogens is 278 g/mol. The topological polar surface area (TPSA) is 49.0 Å². The van der Waals surface area contributed by atoms with Gasteiger partial charge in [-0.2, -0.15) is 0 Å². The highest BCUT2D eigenvalue weighted by Gasteiger charge is 2.19. The Morgan fingerprint density at radius 3 is 2.80 bits per heavy atom. The summed E-state index contributed by atoms with van der Waals surface area (Å²) >= 11 is 5.88. The van der Waals surface area contributed by atoms with Crippen molar-refractivity contribution >= 4 is 11.6 Å². The third-order valence-electron chi connectivity index (χ3n) is 3.54. The average Bonchev–Trinajstić information content (AvgIpc) is 3.04. The fraction of sp³-hybridized carbons (Fsp3) is 0.429. The van der Waals surface area contributed by atoms with Crippen molar-refractivity contribution in [3.05, 3.63) is 39.8 Å². The van der Waals surface area contributed by atoms with Crippen LogP contribution in [-0.2, 0) is 18.3 Å². The lowest BCUT2D eigenvalue weighted by molar-refractivity contribution is 0.0929. The summed E-state index contributed by atoms with van der Waals surface area (Å²) in [7, 11) is 1.73. The van der Waals surface area contributed by atoms with Crippen LogP contribution in [0.5, 0.6) is 0 Å². The Morgan fingerprint density at radius 1 is 1.40 bits per heavy atom. The number of halogens is 1. The first-order valence-electron chi connectivity index (χ1n) is 6.66. The van der Waals surface area contributed by atoms with Crippen molar-refractivity contribution in [1.82, 2.24) is 14.3 Å². The van der Waals surface area contributed by atoms with Crippen molar-refractivity contribution in [2.45, 2.75) is 25.5 Å². The zero-order valence-electron chi connectivity index (χ0n) is 11.3. The van der Waals surface area contributed by atoms with Gasteiger partial charge >= 0.3 is 5.69 Å². The highest BCUT2D eigenvalue weighted by atomic mass is 35.5. The van der Waals surface area contributed by atoms with Crippen LogP contribution in [0, 0.1) is 0 Å². The molecule has 0 bridgehead atoms. The lowest BCUT2D eigenvalue weighted by Gasteiger charge is -2.07. The normalized spacial score (nSPS) is 18.6. The molecule has 0 amide bonds. The summed E-state index contributed by atoms with van der Waals surface area (Å²) in [5.74, 6) is 0.643. The number of rotatable bonds is 3. The molecule has 1 unspecified atom stereocenters. The minimum atomic E-state index is -0.120. The van der Waals surface area contributed by atoms with E-state index in [0.717, 1.165) is 25.0 Å². The van der Waals surface area contributed by atoms with Gasteiger partial charge in [-0.05, 0) is 37.1 Å². The maximum atomic E-state index is 12.2. The predicted molar refractivity (Wildman–Crippen MR) is 76.9 cm³/mol. The van der Waals surface area contributed by atoms with E-state index >= 15 is 0 Å². The smallest absolute Gasteiger partial charge is 0.346 e. The maximum Gasteiger partial charge on any atom is 0.346 e. The molecule has 1 saturated heterocycles. The number of benzene rings is 1. The Balaban J connectivity index is 1.92. The van der Waals surface area contributed by atoms with Crippen molar-refractivity contribution in [2.24, 2.45) is 7.05 Å². The molecule has 0 saturated carbocycles. The van der Waals surface area contributed by atoms with Gasteiger partial charge in [-0.3, -0.25) is 4.57 Å². The van der Waals surface area contributed by atoms with Crippen LogP contribution in [-0.4, -0.2) is 27.1 Å². The summed E-state index contributed by atoms with van der Waals surface area (Å²) in [5.41, 5.74) is 0.755. The molecule has 5 nitrogen and oxygen atoms in total. The summed E-state index contributed by atoms with van der Waals surface area (Å²) in [6.45, 7) is 1.29. The number of nitrogens with zero attached hydrogens (tertiary/aromatic N) is 3. The Hall–Kier alpha value is -1.59. The van der Waals surface area contributed by atoms with Gasteiger partial charge in [-0.1, -0.05) is 11.6 Å². The average molecular weight is 294 g/mol. The number of ether oxygens (including phenoxy) is 1. The molecule has 1 atom stereocenters. The van der Waals surface area contributed by atoms with E-state index in [1.807, 2.05) is 12.1 Å². The fourth-order valence-corrected chi connectivity index (χ4v) is 2.56. The lowest BCUT2D eigenvalue weighted by Crippen LogP contribution is -2.28. The van der Waals surface area contributed by atoms with Gasteiger partial charge in [-0.15, -0.1) is 5.10 Å². The van der Waals surface area contributed by atoms with E-state index in [2.05, 4.69) is 5.10 Å². The van der Waals surface area contributed by atoms with Crippen molar-refractivity contribution in [3.63, 3.8) is 0 Å². The Morgan fingerprint density at radius 2 is 2.15 bits per heavy atom. The van der Waals surface area contributed by atoms with Crippen LogP contribution in [0.15, 0.2) is 29.1 Å². The Kier molecular flexibility index (Phi) is 3.63. The SMILES string of the molecule is Cn1c(-c2ccc(Cl)cc2)nn(CC2CCCO2)c1=O. The molecule has 1 fully saturated rings. The molecule has 0 aliphatic carbocycles. The van der Waals surface area contributed by atoms with Gasteiger partial charge in [0.2, 0.25) is 0 Å². The largest absolute Gasteiger partial charge is 0.376 e. The van der Waals surface area contributed by atoms with E-state index in [4.69, 9.17) is 16.3 Å². The molecule has 1 aromatic carbocycles. The van der Waals surface area contributed by atoms with E-state index in [0.29, 0.717) is 17.4 Å². The molecule has 3 rings (SSSR count). The molecule has 0 spiro atoms. The van der Waals surface area contributed by atoms with Crippen molar-refractivity contribution < 1.29 is 4.74 Å². The molecule has 2 heterocycles. The quantitative estimate of drug-likeness (QED) is 0.870. The van der Waals surface area contributed by atoms with E-state index < -0.39 is 0 Å². The second-order valence-electron chi connectivity index (χ2n) is 4.99. The second-order valence-corrected chi connectivity index (χ2v) is 5.43. The van der Waals surface area contributed by atoms with Crippen LogP contribution < -0.4 is 5.69 Å². The van der Waals surface area contributed by atoms with Crippen molar-refractivity contribution in [1.29, 1.82) is 0 Å². The van der Waals surface area contributed by atoms with Gasteiger partial charge < -0.3 is 4.74 Å². The molecule has 1 aliphatic rings. The molecule has 0 radical (unpaired) electrons. The zero-order valence-corrected chi connectivity index (χ0v) is 12.0. The molecule has 106 valence electrons. The highest BCUT2D eigenvalue weighted by molar-refractivity contribution is 6.30. The number of hydrogen-bond acceptors (Lipinski definition) is 3. The van der Waals surface area contributed by atoms with Gasteiger partial charge in [0.25, 0.3) is 0 Å². The molecule has 1 aliphatic heterocycles. The molecule has 6 heteroatoms. The van der Waals surface area contributed by atoms with Gasteiger partial charge in [0, 0.05) is 24.2 Å². The molecule has 2 aromatic rings. The van der Waals surface area contributed by atoms with Crippen LogP contribution in [0.3, 0.4) is 0 Å². The number of hydrogen-bond donors (Lipinski definition) is 0. The predicted octanol–water partition coefficient (Wildman–Crippen LogP) is 2.08. The zero-order chi connectivity index (χ0) is 14.1. The first-order valence-corrected chi connectivity index (χ1v) is 7.04. The van der Waals surface area contributed by atoms with Gasteiger partial charge in [0.1, 0.15) is 0 Å². The first-order chi connectivity index (χ1) is 9.65. The van der Waals surface area contributed by atoms with Gasteiger partial charge in [0.05, 0.1) is 12.6 Å². The van der Waals surface area contributed by atoms with E-state index in [-0.39, 0.29) is 11.8 Å². The second kappa shape index (κ2) is 5.42. The minimum absolute atomic E-state index is 0.0978. The number of aromatic nitrogens is 3. The first kappa shape index (κ1) is 13.4. The lowest BCUT2D eigenvalue weighted by atomic mass is 10.2. The highest BCUT2D eigenvalue weighted by Crippen LogP contribution is 2.19. The minimum Gasteiger partial charge on any atom is -0.376 e. The van der Waals surface area contributed by atoms with E-state index in [1.54, 1.807) is 23.7 Å². The van der Waals surface area contributed by atoms with Crippen molar-refractivity contribution in [2.75, 3.05) is 6.61 Å². The van der Waals surface area contributed by atoms with Crippen LogP contribution in [0.4, 0.5) is 0 Å². The molecule has 0 N–H and O–H groups in total. The summed E-state index contributed by atoms with van der Waals surface area (Å²) in [6.07, 6.45) is 2.14. The molecular formula is C14H16ClN3O2. The van der Waals surface area contributed by atoms with Crippen molar-refractivity contribution in [3.8, 4) is 11.4 Å².